The SMILES string of the molecule is CCSCc1nc2c(s1)CCCC2NC. The van der Waals surface area contributed by atoms with E-state index in [2.05, 4.69) is 12.2 Å². The molecule has 0 amide bonds. The molecule has 0 radical (unpaired) electrons. The van der Waals surface area contributed by atoms with E-state index >= 15 is 0 Å². The Labute approximate surface area is 99.9 Å². The number of nitrogens with one attached hydrogen (secondary N) is 1. The minimum Gasteiger partial charge on any atom is -0.312 e. The van der Waals surface area contributed by atoms with Gasteiger partial charge < -0.3 is 5.32 Å². The maximum atomic E-state index is 4.78. The quantitative estimate of drug-likeness (QED) is 0.878. The van der Waals surface area contributed by atoms with E-state index in [-0.39, 0.29) is 0 Å². The predicted molar refractivity (Wildman–Crippen MR) is 68.7 cm³/mol. The molecule has 1 aromatic rings. The zero-order chi connectivity index (χ0) is 10.7. The van der Waals surface area contributed by atoms with E-state index < -0.39 is 0 Å². The van der Waals surface area contributed by atoms with Crippen molar-refractivity contribution < 1.29 is 0 Å². The third-order valence-corrected chi connectivity index (χ3v) is 4.98. The molecule has 2 rings (SSSR count). The average Bonchev–Trinajstić information content (AvgIpc) is 2.68. The average molecular weight is 242 g/mol. The van der Waals surface area contributed by atoms with E-state index in [1.165, 1.54) is 40.6 Å². The first kappa shape index (κ1) is 11.4. The Morgan fingerprint density at radius 3 is 3.20 bits per heavy atom. The van der Waals surface area contributed by atoms with Gasteiger partial charge >= 0.3 is 0 Å². The molecular weight excluding hydrogens is 224 g/mol. The molecule has 1 aromatic heterocycles. The van der Waals surface area contributed by atoms with Crippen molar-refractivity contribution in [2.24, 2.45) is 0 Å². The van der Waals surface area contributed by atoms with Crippen molar-refractivity contribution in [2.45, 2.75) is 38.0 Å². The Hall–Kier alpha value is -0.0600. The molecule has 4 heteroatoms. The second-order valence-electron chi connectivity index (χ2n) is 3.79. The number of hydrogen-bond donors (Lipinski definition) is 1. The van der Waals surface area contributed by atoms with Crippen LogP contribution in [0.5, 0.6) is 0 Å². The Kier molecular flexibility index (Phi) is 4.05. The molecule has 1 N–H and O–H groups in total. The number of thiazole rings is 1. The molecule has 0 saturated heterocycles. The summed E-state index contributed by atoms with van der Waals surface area (Å²) < 4.78 is 0. The van der Waals surface area contributed by atoms with Gasteiger partial charge in [0.25, 0.3) is 0 Å². The highest BCUT2D eigenvalue weighted by molar-refractivity contribution is 7.98. The number of aryl methyl sites for hydroxylation is 1. The molecule has 1 atom stereocenters. The van der Waals surface area contributed by atoms with Crippen LogP contribution < -0.4 is 5.32 Å². The Morgan fingerprint density at radius 1 is 1.60 bits per heavy atom. The highest BCUT2D eigenvalue weighted by Gasteiger charge is 2.22. The molecule has 2 nitrogen and oxygen atoms in total. The van der Waals surface area contributed by atoms with Gasteiger partial charge in [-0.3, -0.25) is 0 Å². The summed E-state index contributed by atoms with van der Waals surface area (Å²) >= 11 is 3.88. The summed E-state index contributed by atoms with van der Waals surface area (Å²) in [6, 6.07) is 0.505. The largest absolute Gasteiger partial charge is 0.312 e. The fraction of sp³-hybridized carbons (Fsp3) is 0.727. The van der Waals surface area contributed by atoms with Gasteiger partial charge in [0.2, 0.25) is 0 Å². The van der Waals surface area contributed by atoms with Crippen molar-refractivity contribution in [2.75, 3.05) is 12.8 Å². The third-order valence-electron chi connectivity index (χ3n) is 2.78. The van der Waals surface area contributed by atoms with Crippen LogP contribution in [0.15, 0.2) is 0 Å². The molecule has 0 saturated carbocycles. The predicted octanol–water partition coefficient (Wildman–Crippen LogP) is 2.99. The lowest BCUT2D eigenvalue weighted by atomic mass is 9.98. The fourth-order valence-electron chi connectivity index (χ4n) is 2.00. The summed E-state index contributed by atoms with van der Waals surface area (Å²) in [6.07, 6.45) is 3.79. The number of nitrogens with zero attached hydrogens (tertiary/aromatic N) is 1. The summed E-state index contributed by atoms with van der Waals surface area (Å²) in [4.78, 5) is 6.30. The van der Waals surface area contributed by atoms with E-state index in [0.29, 0.717) is 6.04 Å². The number of rotatable bonds is 4. The Bertz CT molecular complexity index is 322. The molecule has 0 aromatic carbocycles. The Morgan fingerprint density at radius 2 is 2.47 bits per heavy atom. The highest BCUT2D eigenvalue weighted by atomic mass is 32.2. The summed E-state index contributed by atoms with van der Waals surface area (Å²) in [5.41, 5.74) is 1.33. The zero-order valence-corrected chi connectivity index (χ0v) is 11.0. The lowest BCUT2D eigenvalue weighted by Gasteiger charge is -2.19. The highest BCUT2D eigenvalue weighted by Crippen LogP contribution is 2.34. The van der Waals surface area contributed by atoms with Crippen molar-refractivity contribution in [3.8, 4) is 0 Å². The van der Waals surface area contributed by atoms with Crippen molar-refractivity contribution in [1.82, 2.24) is 10.3 Å². The van der Waals surface area contributed by atoms with E-state index in [9.17, 15) is 0 Å². The monoisotopic (exact) mass is 242 g/mol. The van der Waals surface area contributed by atoms with Crippen LogP contribution >= 0.6 is 23.1 Å². The van der Waals surface area contributed by atoms with Gasteiger partial charge in [-0.05, 0) is 32.1 Å². The molecular formula is C11H18N2S2. The van der Waals surface area contributed by atoms with Crippen LogP contribution in [0.2, 0.25) is 0 Å². The fourth-order valence-corrected chi connectivity index (χ4v) is 3.90. The summed E-state index contributed by atoms with van der Waals surface area (Å²) in [7, 11) is 2.04. The van der Waals surface area contributed by atoms with Gasteiger partial charge in [-0.15, -0.1) is 11.3 Å². The van der Waals surface area contributed by atoms with Gasteiger partial charge in [0.05, 0.1) is 11.7 Å². The van der Waals surface area contributed by atoms with Crippen molar-refractivity contribution in [3.63, 3.8) is 0 Å². The van der Waals surface area contributed by atoms with E-state index in [1.807, 2.05) is 30.1 Å². The molecule has 1 aliphatic carbocycles. The second kappa shape index (κ2) is 5.32. The first-order valence-corrected chi connectivity index (χ1v) is 7.55. The smallest absolute Gasteiger partial charge is 0.103 e. The number of hydrogen-bond acceptors (Lipinski definition) is 4. The molecule has 84 valence electrons. The molecule has 15 heavy (non-hydrogen) atoms. The van der Waals surface area contributed by atoms with E-state index in [4.69, 9.17) is 4.98 Å². The minimum atomic E-state index is 0.505. The lowest BCUT2D eigenvalue weighted by molar-refractivity contribution is 0.489. The summed E-state index contributed by atoms with van der Waals surface area (Å²) in [6.45, 7) is 2.20. The second-order valence-corrected chi connectivity index (χ2v) is 6.23. The van der Waals surface area contributed by atoms with Crippen LogP contribution in [0.1, 0.15) is 41.4 Å². The van der Waals surface area contributed by atoms with E-state index in [1.54, 1.807) is 0 Å². The van der Waals surface area contributed by atoms with E-state index in [0.717, 1.165) is 5.75 Å². The Balaban J connectivity index is 2.14. The van der Waals surface area contributed by atoms with Gasteiger partial charge in [0, 0.05) is 10.6 Å². The van der Waals surface area contributed by atoms with Crippen LogP contribution in [0.4, 0.5) is 0 Å². The number of aromatic nitrogens is 1. The topological polar surface area (TPSA) is 24.9 Å². The number of thioether (sulfide) groups is 1. The molecule has 0 spiro atoms. The molecule has 1 aliphatic rings. The van der Waals surface area contributed by atoms with Gasteiger partial charge in [-0.1, -0.05) is 6.92 Å². The third kappa shape index (κ3) is 2.55. The summed E-state index contributed by atoms with van der Waals surface area (Å²) in [5, 5.41) is 4.68. The number of fused-ring (bicyclic) bond motifs is 1. The maximum absolute atomic E-state index is 4.78. The van der Waals surface area contributed by atoms with Gasteiger partial charge in [0.1, 0.15) is 5.01 Å². The van der Waals surface area contributed by atoms with Crippen LogP contribution in [0.3, 0.4) is 0 Å². The maximum Gasteiger partial charge on any atom is 0.103 e. The van der Waals surface area contributed by atoms with Crippen molar-refractivity contribution in [1.29, 1.82) is 0 Å². The first-order valence-electron chi connectivity index (χ1n) is 5.58. The molecule has 1 heterocycles. The lowest BCUT2D eigenvalue weighted by Crippen LogP contribution is -2.21. The van der Waals surface area contributed by atoms with Crippen LogP contribution in [-0.4, -0.2) is 17.8 Å². The van der Waals surface area contributed by atoms with Gasteiger partial charge in [-0.25, -0.2) is 4.98 Å². The molecule has 0 aliphatic heterocycles. The normalized spacial score (nSPS) is 20.3. The van der Waals surface area contributed by atoms with Crippen molar-refractivity contribution in [3.05, 3.63) is 15.6 Å². The first-order chi connectivity index (χ1) is 7.35. The van der Waals surface area contributed by atoms with Crippen LogP contribution in [0, 0.1) is 0 Å². The summed E-state index contributed by atoms with van der Waals surface area (Å²) in [5.74, 6) is 2.27. The molecule has 1 unspecified atom stereocenters. The van der Waals surface area contributed by atoms with Crippen LogP contribution in [0.25, 0.3) is 0 Å². The van der Waals surface area contributed by atoms with Crippen LogP contribution in [-0.2, 0) is 12.2 Å². The van der Waals surface area contributed by atoms with Gasteiger partial charge in [-0.2, -0.15) is 11.8 Å². The standard InChI is InChI=1S/C11H18N2S2/c1-3-14-7-10-13-11-8(12-2)5-4-6-9(11)15-10/h8,12H,3-7H2,1-2H3. The minimum absolute atomic E-state index is 0.505. The van der Waals surface area contributed by atoms with Gasteiger partial charge in [0.15, 0.2) is 0 Å². The molecule has 0 fully saturated rings. The zero-order valence-electron chi connectivity index (χ0n) is 9.38. The molecule has 0 bridgehead atoms. The van der Waals surface area contributed by atoms with Crippen molar-refractivity contribution >= 4 is 23.1 Å².